The molecule has 0 bridgehead atoms. The molecule has 1 aromatic rings. The van der Waals surface area contributed by atoms with Crippen molar-refractivity contribution in [2.75, 3.05) is 13.1 Å². The van der Waals surface area contributed by atoms with Crippen molar-refractivity contribution in [1.82, 2.24) is 4.90 Å². The van der Waals surface area contributed by atoms with Gasteiger partial charge in [0.25, 0.3) is 0 Å². The molecule has 5 nitrogen and oxygen atoms in total. The molecule has 2 heterocycles. The zero-order valence-corrected chi connectivity index (χ0v) is 10.9. The van der Waals surface area contributed by atoms with Crippen LogP contribution in [0.25, 0.3) is 0 Å². The van der Waals surface area contributed by atoms with E-state index < -0.39 is 17.9 Å². The van der Waals surface area contributed by atoms with Crippen LogP contribution in [-0.2, 0) is 16.0 Å². The molecule has 0 saturated heterocycles. The first-order valence-corrected chi connectivity index (χ1v) is 6.71. The number of hydrogen-bond donors (Lipinski definition) is 2. The number of carboxylic acids is 1. The Morgan fingerprint density at radius 2 is 2.39 bits per heavy atom. The van der Waals surface area contributed by atoms with Crippen LogP contribution < -0.4 is 5.73 Å². The standard InChI is InChI=1S/C12H16N2O3S/c1-7(11(13)15)6-14-4-2-9-8(3-5-18-9)10(14)12(16)17/h3,5,7,10H,2,4,6H2,1H3,(H2,13,15)(H,16,17). The third-order valence-corrected chi connectivity index (χ3v) is 4.29. The Morgan fingerprint density at radius 1 is 1.67 bits per heavy atom. The van der Waals surface area contributed by atoms with Crippen LogP contribution in [0.4, 0.5) is 0 Å². The molecule has 0 saturated carbocycles. The molecule has 98 valence electrons. The number of carbonyl (C=O) groups is 2. The number of fused-ring (bicyclic) bond motifs is 1. The molecule has 6 heteroatoms. The Hall–Kier alpha value is -1.40. The van der Waals surface area contributed by atoms with Crippen LogP contribution in [0.15, 0.2) is 11.4 Å². The van der Waals surface area contributed by atoms with E-state index in [0.29, 0.717) is 13.1 Å². The lowest BCUT2D eigenvalue weighted by Gasteiger charge is -2.34. The maximum absolute atomic E-state index is 11.4. The Morgan fingerprint density at radius 3 is 3.00 bits per heavy atom. The monoisotopic (exact) mass is 268 g/mol. The third kappa shape index (κ3) is 2.39. The third-order valence-electron chi connectivity index (χ3n) is 3.29. The van der Waals surface area contributed by atoms with Gasteiger partial charge in [-0.05, 0) is 23.4 Å². The van der Waals surface area contributed by atoms with E-state index in [1.807, 2.05) is 16.3 Å². The number of carbonyl (C=O) groups excluding carboxylic acids is 1. The summed E-state index contributed by atoms with van der Waals surface area (Å²) < 4.78 is 0. The molecule has 1 aliphatic heterocycles. The summed E-state index contributed by atoms with van der Waals surface area (Å²) in [7, 11) is 0. The van der Waals surface area contributed by atoms with E-state index in [1.54, 1.807) is 18.3 Å². The molecule has 1 aliphatic rings. The number of primary amides is 1. The van der Waals surface area contributed by atoms with E-state index >= 15 is 0 Å². The topological polar surface area (TPSA) is 83.6 Å². The second-order valence-electron chi connectivity index (χ2n) is 4.59. The fourth-order valence-corrected chi connectivity index (χ4v) is 3.20. The molecule has 18 heavy (non-hydrogen) atoms. The summed E-state index contributed by atoms with van der Waals surface area (Å²) in [6, 6.07) is 1.21. The lowest BCUT2D eigenvalue weighted by atomic mass is 9.98. The number of nitrogens with two attached hydrogens (primary N) is 1. The highest BCUT2D eigenvalue weighted by atomic mass is 32.1. The van der Waals surface area contributed by atoms with Crippen LogP contribution in [-0.4, -0.2) is 35.0 Å². The maximum atomic E-state index is 11.4. The molecule has 0 fully saturated rings. The van der Waals surface area contributed by atoms with Crippen LogP contribution in [0, 0.1) is 5.92 Å². The first-order chi connectivity index (χ1) is 8.50. The van der Waals surface area contributed by atoms with Gasteiger partial charge in [-0.3, -0.25) is 14.5 Å². The molecular formula is C12H16N2O3S. The van der Waals surface area contributed by atoms with Crippen molar-refractivity contribution in [2.24, 2.45) is 11.7 Å². The molecule has 2 atom stereocenters. The number of amides is 1. The van der Waals surface area contributed by atoms with Gasteiger partial charge >= 0.3 is 5.97 Å². The minimum atomic E-state index is -0.869. The second-order valence-corrected chi connectivity index (χ2v) is 5.59. The van der Waals surface area contributed by atoms with Gasteiger partial charge in [0, 0.05) is 23.9 Å². The van der Waals surface area contributed by atoms with Crippen molar-refractivity contribution < 1.29 is 14.7 Å². The molecule has 0 aromatic carbocycles. The van der Waals surface area contributed by atoms with E-state index in [-0.39, 0.29) is 5.92 Å². The van der Waals surface area contributed by atoms with Gasteiger partial charge in [0.1, 0.15) is 6.04 Å². The van der Waals surface area contributed by atoms with E-state index in [1.165, 1.54) is 0 Å². The average molecular weight is 268 g/mol. The lowest BCUT2D eigenvalue weighted by Crippen LogP contribution is -2.43. The molecule has 0 spiro atoms. The van der Waals surface area contributed by atoms with Crippen molar-refractivity contribution in [3.8, 4) is 0 Å². The van der Waals surface area contributed by atoms with Gasteiger partial charge in [-0.2, -0.15) is 0 Å². The summed E-state index contributed by atoms with van der Waals surface area (Å²) in [5, 5.41) is 11.3. The van der Waals surface area contributed by atoms with E-state index in [0.717, 1.165) is 16.9 Å². The highest BCUT2D eigenvalue weighted by Crippen LogP contribution is 2.33. The van der Waals surface area contributed by atoms with Gasteiger partial charge in [-0.15, -0.1) is 11.3 Å². The lowest BCUT2D eigenvalue weighted by molar-refractivity contribution is -0.144. The minimum Gasteiger partial charge on any atom is -0.480 e. The summed E-state index contributed by atoms with van der Waals surface area (Å²) in [4.78, 5) is 25.5. The van der Waals surface area contributed by atoms with Crippen LogP contribution >= 0.6 is 11.3 Å². The smallest absolute Gasteiger partial charge is 0.325 e. The first kappa shape index (κ1) is 13.0. The van der Waals surface area contributed by atoms with Gasteiger partial charge in [-0.1, -0.05) is 6.92 Å². The fourth-order valence-electron chi connectivity index (χ4n) is 2.30. The van der Waals surface area contributed by atoms with E-state index in [4.69, 9.17) is 5.73 Å². The van der Waals surface area contributed by atoms with Crippen LogP contribution in [0.1, 0.15) is 23.4 Å². The summed E-state index contributed by atoms with van der Waals surface area (Å²) in [5.41, 5.74) is 6.10. The first-order valence-electron chi connectivity index (χ1n) is 5.83. The van der Waals surface area contributed by atoms with Crippen molar-refractivity contribution >= 4 is 23.2 Å². The number of rotatable bonds is 4. The molecular weight excluding hydrogens is 252 g/mol. The molecule has 2 rings (SSSR count). The maximum Gasteiger partial charge on any atom is 0.325 e. The predicted molar refractivity (Wildman–Crippen MR) is 68.3 cm³/mol. The Labute approximate surface area is 109 Å². The number of carboxylic acid groups (broad SMARTS) is 1. The quantitative estimate of drug-likeness (QED) is 0.848. The average Bonchev–Trinajstić information content (AvgIpc) is 2.75. The molecule has 1 amide bonds. The predicted octanol–water partition coefficient (Wildman–Crippen LogP) is 0.853. The zero-order chi connectivity index (χ0) is 13.3. The molecule has 0 aliphatic carbocycles. The fraction of sp³-hybridized carbons (Fsp3) is 0.500. The zero-order valence-electron chi connectivity index (χ0n) is 10.1. The van der Waals surface area contributed by atoms with E-state index in [9.17, 15) is 14.7 Å². The second kappa shape index (κ2) is 5.07. The minimum absolute atomic E-state index is 0.341. The SMILES string of the molecule is CC(CN1CCc2sccc2C1C(=O)O)C(N)=O. The normalized spacial score (nSPS) is 21.3. The van der Waals surface area contributed by atoms with Gasteiger partial charge in [0.15, 0.2) is 0 Å². The number of hydrogen-bond acceptors (Lipinski definition) is 4. The highest BCUT2D eigenvalue weighted by molar-refractivity contribution is 7.10. The Kier molecular flexibility index (Phi) is 3.68. The Balaban J connectivity index is 2.22. The van der Waals surface area contributed by atoms with Gasteiger partial charge in [0.2, 0.25) is 5.91 Å². The van der Waals surface area contributed by atoms with Crippen LogP contribution in [0.5, 0.6) is 0 Å². The van der Waals surface area contributed by atoms with Gasteiger partial charge < -0.3 is 10.8 Å². The van der Waals surface area contributed by atoms with Crippen molar-refractivity contribution in [1.29, 1.82) is 0 Å². The number of nitrogens with zero attached hydrogens (tertiary/aromatic N) is 1. The van der Waals surface area contributed by atoms with Crippen molar-refractivity contribution in [2.45, 2.75) is 19.4 Å². The summed E-state index contributed by atoms with van der Waals surface area (Å²) >= 11 is 1.59. The largest absolute Gasteiger partial charge is 0.480 e. The molecule has 1 aromatic heterocycles. The van der Waals surface area contributed by atoms with Gasteiger partial charge in [0.05, 0.1) is 0 Å². The Bertz CT molecular complexity index is 472. The van der Waals surface area contributed by atoms with Crippen molar-refractivity contribution in [3.05, 3.63) is 21.9 Å². The highest BCUT2D eigenvalue weighted by Gasteiger charge is 2.34. The number of thiophene rings is 1. The van der Waals surface area contributed by atoms with Crippen molar-refractivity contribution in [3.63, 3.8) is 0 Å². The van der Waals surface area contributed by atoms with E-state index in [2.05, 4.69) is 0 Å². The number of aliphatic carboxylic acids is 1. The van der Waals surface area contributed by atoms with Crippen LogP contribution in [0.3, 0.4) is 0 Å². The summed E-state index contributed by atoms with van der Waals surface area (Å²) in [6.07, 6.45) is 0.836. The molecule has 0 radical (unpaired) electrons. The summed E-state index contributed by atoms with van der Waals surface area (Å²) in [6.45, 7) is 2.77. The molecule has 3 N–H and O–H groups in total. The van der Waals surface area contributed by atoms with Gasteiger partial charge in [-0.25, -0.2) is 0 Å². The van der Waals surface area contributed by atoms with Crippen LogP contribution in [0.2, 0.25) is 0 Å². The molecule has 2 unspecified atom stereocenters. The summed E-state index contributed by atoms with van der Waals surface area (Å²) in [5.74, 6) is -1.60.